The predicted molar refractivity (Wildman–Crippen MR) is 72.1 cm³/mol. The second-order valence-corrected chi connectivity index (χ2v) is 5.53. The van der Waals surface area contributed by atoms with Crippen molar-refractivity contribution in [3.63, 3.8) is 0 Å². The van der Waals surface area contributed by atoms with E-state index >= 15 is 0 Å². The van der Waals surface area contributed by atoms with Gasteiger partial charge in [-0.25, -0.2) is 9.97 Å². The van der Waals surface area contributed by atoms with Crippen LogP contribution in [-0.2, 0) is 4.74 Å². The van der Waals surface area contributed by atoms with Gasteiger partial charge in [-0.3, -0.25) is 9.36 Å². The van der Waals surface area contributed by atoms with Crippen LogP contribution in [0.15, 0.2) is 17.4 Å². The van der Waals surface area contributed by atoms with Crippen molar-refractivity contribution in [2.24, 2.45) is 11.8 Å². The van der Waals surface area contributed by atoms with Crippen molar-refractivity contribution in [3.8, 4) is 0 Å². The minimum Gasteiger partial charge on any atom is -0.394 e. The minimum absolute atomic E-state index is 0.000359. The van der Waals surface area contributed by atoms with Crippen LogP contribution in [0.1, 0.15) is 26.5 Å². The van der Waals surface area contributed by atoms with E-state index in [-0.39, 0.29) is 30.4 Å². The largest absolute Gasteiger partial charge is 0.394 e. The number of ether oxygens (including phenoxy) is 1. The van der Waals surface area contributed by atoms with Crippen LogP contribution >= 0.6 is 0 Å². The third-order valence-corrected chi connectivity index (χ3v) is 3.93. The number of rotatable bonds is 3. The number of hydrogen-bond acceptors (Lipinski definition) is 5. The van der Waals surface area contributed by atoms with Crippen molar-refractivity contribution in [2.45, 2.75) is 32.6 Å². The summed E-state index contributed by atoms with van der Waals surface area (Å²) in [5.74, 6) is 0.654. The summed E-state index contributed by atoms with van der Waals surface area (Å²) >= 11 is 0. The van der Waals surface area contributed by atoms with Gasteiger partial charge < -0.3 is 14.8 Å². The number of aliphatic hydroxyl groups is 1. The van der Waals surface area contributed by atoms with Crippen LogP contribution in [0.3, 0.4) is 0 Å². The summed E-state index contributed by atoms with van der Waals surface area (Å²) in [6, 6.07) is 0. The van der Waals surface area contributed by atoms with Gasteiger partial charge in [-0.05, 0) is 12.3 Å². The summed E-state index contributed by atoms with van der Waals surface area (Å²) in [5, 5.41) is 9.32. The molecule has 1 aliphatic rings. The molecule has 1 saturated heterocycles. The molecule has 7 nitrogen and oxygen atoms in total. The fourth-order valence-electron chi connectivity index (χ4n) is 2.81. The highest BCUT2D eigenvalue weighted by atomic mass is 16.5. The number of hydrogen-bond donors (Lipinski definition) is 2. The zero-order valence-electron chi connectivity index (χ0n) is 11.5. The Labute approximate surface area is 115 Å². The molecule has 2 aromatic heterocycles. The summed E-state index contributed by atoms with van der Waals surface area (Å²) in [6.45, 7) is 4.25. The number of aliphatic hydroxyl groups excluding tert-OH is 1. The van der Waals surface area contributed by atoms with Crippen LogP contribution in [0.25, 0.3) is 11.2 Å². The van der Waals surface area contributed by atoms with Gasteiger partial charge in [-0.2, -0.15) is 0 Å². The maximum atomic E-state index is 11.7. The van der Waals surface area contributed by atoms with Gasteiger partial charge in [0.05, 0.1) is 25.4 Å². The van der Waals surface area contributed by atoms with Crippen LogP contribution < -0.4 is 5.56 Å². The van der Waals surface area contributed by atoms with E-state index in [9.17, 15) is 9.90 Å². The number of nitrogens with zero attached hydrogens (tertiary/aromatic N) is 3. The molecule has 0 saturated carbocycles. The Balaban J connectivity index is 2.05. The van der Waals surface area contributed by atoms with E-state index in [2.05, 4.69) is 28.8 Å². The highest BCUT2D eigenvalue weighted by Crippen LogP contribution is 2.39. The molecule has 3 rings (SSSR count). The van der Waals surface area contributed by atoms with E-state index in [0.29, 0.717) is 17.1 Å². The average Bonchev–Trinajstić information content (AvgIpc) is 3.02. The maximum absolute atomic E-state index is 11.7. The Morgan fingerprint density at radius 1 is 1.55 bits per heavy atom. The molecule has 0 radical (unpaired) electrons. The summed E-state index contributed by atoms with van der Waals surface area (Å²) in [5.41, 5.74) is 0.570. The summed E-state index contributed by atoms with van der Waals surface area (Å²) in [7, 11) is 0. The number of aromatic amines is 1. The molecule has 0 bridgehead atoms. The Morgan fingerprint density at radius 3 is 3.05 bits per heavy atom. The van der Waals surface area contributed by atoms with Crippen LogP contribution in [0.2, 0.25) is 0 Å². The molecule has 0 amide bonds. The first-order chi connectivity index (χ1) is 9.61. The van der Waals surface area contributed by atoms with Crippen molar-refractivity contribution in [1.82, 2.24) is 19.5 Å². The molecule has 2 N–H and O–H groups in total. The summed E-state index contributed by atoms with van der Waals surface area (Å²) < 4.78 is 7.69. The van der Waals surface area contributed by atoms with E-state index in [0.717, 1.165) is 6.42 Å². The Bertz CT molecular complexity index is 663. The SMILES string of the molecule is CC(C)C1CC(CO)OC1n1cnc2c(=O)[nH]cnc21. The van der Waals surface area contributed by atoms with Gasteiger partial charge in [0.2, 0.25) is 0 Å². The lowest BCUT2D eigenvalue weighted by Crippen LogP contribution is -2.20. The molecular formula is C13H18N4O3. The molecule has 0 aliphatic carbocycles. The molecule has 0 aromatic carbocycles. The van der Waals surface area contributed by atoms with E-state index in [1.54, 1.807) is 10.9 Å². The van der Waals surface area contributed by atoms with Gasteiger partial charge in [0.25, 0.3) is 5.56 Å². The standard InChI is InChI=1S/C13H18N4O3/c1-7(2)9-3-8(4-18)20-13(9)17-6-16-10-11(17)14-5-15-12(10)19/h5-9,13,18H,3-4H2,1-2H3,(H,14,15,19). The van der Waals surface area contributed by atoms with Crippen molar-refractivity contribution in [2.75, 3.05) is 6.61 Å². The highest BCUT2D eigenvalue weighted by Gasteiger charge is 2.38. The third-order valence-electron chi connectivity index (χ3n) is 3.93. The second-order valence-electron chi connectivity index (χ2n) is 5.53. The quantitative estimate of drug-likeness (QED) is 0.861. The van der Waals surface area contributed by atoms with E-state index in [4.69, 9.17) is 4.74 Å². The van der Waals surface area contributed by atoms with Gasteiger partial charge in [0, 0.05) is 5.92 Å². The van der Waals surface area contributed by atoms with Crippen LogP contribution in [0, 0.1) is 11.8 Å². The molecule has 3 heterocycles. The third kappa shape index (κ3) is 2.03. The minimum atomic E-state index is -0.258. The molecule has 3 atom stereocenters. The zero-order valence-corrected chi connectivity index (χ0v) is 11.5. The van der Waals surface area contributed by atoms with Crippen molar-refractivity contribution >= 4 is 11.2 Å². The number of imidazole rings is 1. The average molecular weight is 278 g/mol. The summed E-state index contributed by atoms with van der Waals surface area (Å²) in [4.78, 5) is 22.5. The van der Waals surface area contributed by atoms with Crippen LogP contribution in [0.4, 0.5) is 0 Å². The van der Waals surface area contributed by atoms with Gasteiger partial charge in [-0.1, -0.05) is 13.8 Å². The lowest BCUT2D eigenvalue weighted by molar-refractivity contribution is -0.0357. The van der Waals surface area contributed by atoms with Gasteiger partial charge in [0.15, 0.2) is 11.2 Å². The lowest BCUT2D eigenvalue weighted by Gasteiger charge is -2.22. The molecular weight excluding hydrogens is 260 g/mol. The molecule has 1 fully saturated rings. The lowest BCUT2D eigenvalue weighted by atomic mass is 9.91. The molecule has 0 spiro atoms. The zero-order chi connectivity index (χ0) is 14.3. The van der Waals surface area contributed by atoms with Crippen LogP contribution in [0.5, 0.6) is 0 Å². The van der Waals surface area contributed by atoms with E-state index in [1.165, 1.54) is 6.33 Å². The van der Waals surface area contributed by atoms with E-state index in [1.807, 2.05) is 0 Å². The Hall–Kier alpha value is -1.73. The summed E-state index contributed by atoms with van der Waals surface area (Å²) in [6.07, 6.45) is 3.33. The topological polar surface area (TPSA) is 93.0 Å². The van der Waals surface area contributed by atoms with Crippen molar-refractivity contribution in [1.29, 1.82) is 0 Å². The van der Waals surface area contributed by atoms with Gasteiger partial charge >= 0.3 is 0 Å². The fraction of sp³-hybridized carbons (Fsp3) is 0.615. The number of fused-ring (bicyclic) bond motifs is 1. The number of H-pyrrole nitrogens is 1. The van der Waals surface area contributed by atoms with Crippen molar-refractivity contribution < 1.29 is 9.84 Å². The first-order valence-electron chi connectivity index (χ1n) is 6.78. The molecule has 7 heteroatoms. The highest BCUT2D eigenvalue weighted by molar-refractivity contribution is 5.68. The predicted octanol–water partition coefficient (Wildman–Crippen LogP) is 0.672. The second kappa shape index (κ2) is 4.99. The van der Waals surface area contributed by atoms with Gasteiger partial charge in [-0.15, -0.1) is 0 Å². The van der Waals surface area contributed by atoms with Gasteiger partial charge in [0.1, 0.15) is 6.23 Å². The fourth-order valence-corrected chi connectivity index (χ4v) is 2.81. The molecule has 3 unspecified atom stereocenters. The molecule has 2 aromatic rings. The Morgan fingerprint density at radius 2 is 2.35 bits per heavy atom. The maximum Gasteiger partial charge on any atom is 0.278 e. The molecule has 20 heavy (non-hydrogen) atoms. The number of aromatic nitrogens is 4. The normalized spacial score (nSPS) is 26.7. The molecule has 108 valence electrons. The first kappa shape index (κ1) is 13.3. The molecule has 1 aliphatic heterocycles. The monoisotopic (exact) mass is 278 g/mol. The number of nitrogens with one attached hydrogen (secondary N) is 1. The Kier molecular flexibility index (Phi) is 3.31. The van der Waals surface area contributed by atoms with E-state index < -0.39 is 0 Å². The van der Waals surface area contributed by atoms with Crippen molar-refractivity contribution in [3.05, 3.63) is 23.0 Å². The van der Waals surface area contributed by atoms with Crippen LogP contribution in [-0.4, -0.2) is 37.3 Å². The first-order valence-corrected chi connectivity index (χ1v) is 6.78. The smallest absolute Gasteiger partial charge is 0.278 e.